The molecule has 0 saturated heterocycles. The maximum atomic E-state index is 12.0. The highest BCUT2D eigenvalue weighted by Gasteiger charge is 2.08. The van der Waals surface area contributed by atoms with Gasteiger partial charge in [-0.2, -0.15) is 0 Å². The van der Waals surface area contributed by atoms with E-state index in [9.17, 15) is 9.59 Å². The molecule has 0 bridgehead atoms. The summed E-state index contributed by atoms with van der Waals surface area (Å²) in [6.07, 6.45) is 1.27. The Labute approximate surface area is 149 Å². The number of benzene rings is 2. The summed E-state index contributed by atoms with van der Waals surface area (Å²) < 4.78 is 0. The fourth-order valence-corrected chi connectivity index (χ4v) is 2.34. The molecule has 0 saturated carbocycles. The lowest BCUT2D eigenvalue weighted by Gasteiger charge is -2.11. The smallest absolute Gasteiger partial charge is 0.251 e. The molecule has 1 unspecified atom stereocenters. The summed E-state index contributed by atoms with van der Waals surface area (Å²) in [5.74, 6) is -0.0771. The van der Waals surface area contributed by atoms with Crippen molar-refractivity contribution in [2.45, 2.75) is 46.2 Å². The lowest BCUT2D eigenvalue weighted by Crippen LogP contribution is -2.31. The zero-order valence-corrected chi connectivity index (χ0v) is 15.1. The van der Waals surface area contributed by atoms with Gasteiger partial charge in [0.15, 0.2) is 0 Å². The summed E-state index contributed by atoms with van der Waals surface area (Å²) in [5, 5.41) is 5.85. The van der Waals surface area contributed by atoms with Crippen LogP contribution in [-0.2, 0) is 17.8 Å². The van der Waals surface area contributed by atoms with Crippen molar-refractivity contribution in [2.24, 2.45) is 0 Å². The molecule has 2 rings (SSSR count). The van der Waals surface area contributed by atoms with E-state index in [1.54, 1.807) is 12.1 Å². The Balaban J connectivity index is 1.83. The van der Waals surface area contributed by atoms with Crippen molar-refractivity contribution < 1.29 is 9.59 Å². The molecule has 0 spiro atoms. The number of rotatable bonds is 7. The van der Waals surface area contributed by atoms with Crippen LogP contribution in [0.3, 0.4) is 0 Å². The molecule has 4 heteroatoms. The molecule has 1 atom stereocenters. The third kappa shape index (κ3) is 6.07. The van der Waals surface area contributed by atoms with Crippen molar-refractivity contribution >= 4 is 11.8 Å². The molecular weight excluding hydrogens is 312 g/mol. The summed E-state index contributed by atoms with van der Waals surface area (Å²) in [6.45, 7) is 6.50. The van der Waals surface area contributed by atoms with Crippen molar-refractivity contribution in [3.05, 3.63) is 70.8 Å². The van der Waals surface area contributed by atoms with E-state index in [0.717, 1.165) is 17.5 Å². The maximum absolute atomic E-state index is 12.0. The molecule has 2 amide bonds. The van der Waals surface area contributed by atoms with Gasteiger partial charge in [0.25, 0.3) is 5.91 Å². The normalized spacial score (nSPS) is 11.6. The first-order valence-electron chi connectivity index (χ1n) is 8.70. The summed E-state index contributed by atoms with van der Waals surface area (Å²) in [6, 6.07) is 15.4. The minimum Gasteiger partial charge on any atom is -0.352 e. The van der Waals surface area contributed by atoms with Gasteiger partial charge in [0.05, 0.1) is 6.42 Å². The Bertz CT molecular complexity index is 706. The highest BCUT2D eigenvalue weighted by Crippen LogP contribution is 2.07. The number of carbonyl (C=O) groups is 2. The van der Waals surface area contributed by atoms with E-state index in [2.05, 4.69) is 10.6 Å². The summed E-state index contributed by atoms with van der Waals surface area (Å²) >= 11 is 0. The third-order valence-electron chi connectivity index (χ3n) is 4.18. The number of nitrogens with one attached hydrogen (secondary N) is 2. The molecule has 0 aliphatic heterocycles. The van der Waals surface area contributed by atoms with Crippen LogP contribution in [-0.4, -0.2) is 17.9 Å². The molecule has 0 fully saturated rings. The summed E-state index contributed by atoms with van der Waals surface area (Å²) in [7, 11) is 0. The van der Waals surface area contributed by atoms with E-state index >= 15 is 0 Å². The van der Waals surface area contributed by atoms with Gasteiger partial charge >= 0.3 is 0 Å². The number of aryl methyl sites for hydroxylation is 1. The van der Waals surface area contributed by atoms with Crippen LogP contribution in [0.2, 0.25) is 0 Å². The molecule has 0 aliphatic carbocycles. The van der Waals surface area contributed by atoms with E-state index < -0.39 is 0 Å². The topological polar surface area (TPSA) is 58.2 Å². The summed E-state index contributed by atoms with van der Waals surface area (Å²) in [4.78, 5) is 24.1. The van der Waals surface area contributed by atoms with Crippen molar-refractivity contribution in [3.8, 4) is 0 Å². The Morgan fingerprint density at radius 1 is 0.960 bits per heavy atom. The first-order chi connectivity index (χ1) is 12.0. The summed E-state index contributed by atoms with van der Waals surface area (Å²) in [5.41, 5.74) is 3.79. The Morgan fingerprint density at radius 2 is 1.56 bits per heavy atom. The van der Waals surface area contributed by atoms with Crippen LogP contribution in [0.25, 0.3) is 0 Å². The molecule has 0 heterocycles. The quantitative estimate of drug-likeness (QED) is 0.813. The average Bonchev–Trinajstić information content (AvgIpc) is 2.62. The number of carbonyl (C=O) groups excluding carboxylic acids is 2. The largest absolute Gasteiger partial charge is 0.352 e. The molecular formula is C21H26N2O2. The standard InChI is InChI=1S/C21H26N2O2/c1-4-16(3)23-21(25)19-11-9-18(10-12-19)14-22-20(24)13-17-7-5-15(2)6-8-17/h5-12,16H,4,13-14H2,1-3H3,(H,22,24)(H,23,25). The minimum atomic E-state index is -0.0655. The number of amides is 2. The molecule has 2 aromatic rings. The third-order valence-corrected chi connectivity index (χ3v) is 4.18. The second-order valence-electron chi connectivity index (χ2n) is 6.42. The first-order valence-corrected chi connectivity index (χ1v) is 8.70. The van der Waals surface area contributed by atoms with Gasteiger partial charge in [-0.05, 0) is 43.5 Å². The Morgan fingerprint density at radius 3 is 2.16 bits per heavy atom. The fraction of sp³-hybridized carbons (Fsp3) is 0.333. The minimum absolute atomic E-state index is 0.0116. The first kappa shape index (κ1) is 18.7. The maximum Gasteiger partial charge on any atom is 0.251 e. The zero-order valence-electron chi connectivity index (χ0n) is 15.1. The van der Waals surface area contributed by atoms with E-state index in [0.29, 0.717) is 18.5 Å². The second kappa shape index (κ2) is 9.02. The van der Waals surface area contributed by atoms with E-state index in [1.165, 1.54) is 5.56 Å². The highest BCUT2D eigenvalue weighted by molar-refractivity contribution is 5.94. The average molecular weight is 338 g/mol. The van der Waals surface area contributed by atoms with Crippen LogP contribution in [0, 0.1) is 6.92 Å². The van der Waals surface area contributed by atoms with Gasteiger partial charge in [-0.3, -0.25) is 9.59 Å². The molecule has 4 nitrogen and oxygen atoms in total. The molecule has 0 aromatic heterocycles. The molecule has 0 radical (unpaired) electrons. The van der Waals surface area contributed by atoms with E-state index in [-0.39, 0.29) is 17.9 Å². The number of hydrogen-bond donors (Lipinski definition) is 2. The van der Waals surface area contributed by atoms with Gasteiger partial charge in [-0.15, -0.1) is 0 Å². The monoisotopic (exact) mass is 338 g/mol. The van der Waals surface area contributed by atoms with E-state index in [1.807, 2.05) is 57.2 Å². The molecule has 0 aliphatic rings. The van der Waals surface area contributed by atoms with Crippen LogP contribution in [0.1, 0.15) is 47.3 Å². The lowest BCUT2D eigenvalue weighted by molar-refractivity contribution is -0.120. The van der Waals surface area contributed by atoms with Crippen LogP contribution >= 0.6 is 0 Å². The Kier molecular flexibility index (Phi) is 6.75. The predicted molar refractivity (Wildman–Crippen MR) is 100 cm³/mol. The van der Waals surface area contributed by atoms with Gasteiger partial charge in [-0.1, -0.05) is 48.9 Å². The van der Waals surface area contributed by atoms with Crippen LogP contribution in [0.4, 0.5) is 0 Å². The molecule has 2 N–H and O–H groups in total. The zero-order chi connectivity index (χ0) is 18.2. The van der Waals surface area contributed by atoms with Crippen LogP contribution in [0.5, 0.6) is 0 Å². The molecule has 2 aromatic carbocycles. The lowest BCUT2D eigenvalue weighted by atomic mass is 10.1. The Hall–Kier alpha value is -2.62. The molecule has 132 valence electrons. The van der Waals surface area contributed by atoms with Crippen molar-refractivity contribution in [1.82, 2.24) is 10.6 Å². The van der Waals surface area contributed by atoms with Crippen molar-refractivity contribution in [1.29, 1.82) is 0 Å². The van der Waals surface area contributed by atoms with Gasteiger partial charge in [0, 0.05) is 18.2 Å². The van der Waals surface area contributed by atoms with Crippen molar-refractivity contribution in [2.75, 3.05) is 0 Å². The van der Waals surface area contributed by atoms with Gasteiger partial charge in [0.1, 0.15) is 0 Å². The highest BCUT2D eigenvalue weighted by atomic mass is 16.2. The number of hydrogen-bond acceptors (Lipinski definition) is 2. The predicted octanol–water partition coefficient (Wildman–Crippen LogP) is 3.38. The molecule has 25 heavy (non-hydrogen) atoms. The van der Waals surface area contributed by atoms with Gasteiger partial charge in [0.2, 0.25) is 5.91 Å². The van der Waals surface area contributed by atoms with Gasteiger partial charge in [-0.25, -0.2) is 0 Å². The van der Waals surface area contributed by atoms with Crippen LogP contribution < -0.4 is 10.6 Å². The fourth-order valence-electron chi connectivity index (χ4n) is 2.34. The van der Waals surface area contributed by atoms with Gasteiger partial charge < -0.3 is 10.6 Å². The van der Waals surface area contributed by atoms with Crippen LogP contribution in [0.15, 0.2) is 48.5 Å². The second-order valence-corrected chi connectivity index (χ2v) is 6.42. The van der Waals surface area contributed by atoms with E-state index in [4.69, 9.17) is 0 Å². The van der Waals surface area contributed by atoms with Crippen molar-refractivity contribution in [3.63, 3.8) is 0 Å². The SMILES string of the molecule is CCC(C)NC(=O)c1ccc(CNC(=O)Cc2ccc(C)cc2)cc1.